The molecule has 0 saturated heterocycles. The van der Waals surface area contributed by atoms with E-state index in [1.54, 1.807) is 12.1 Å². The molecule has 0 atom stereocenters. The minimum Gasteiger partial charge on any atom is -0.339 e. The fourth-order valence-electron chi connectivity index (χ4n) is 2.36. The van der Waals surface area contributed by atoms with E-state index in [1.807, 2.05) is 48.2 Å². The molecule has 0 fully saturated rings. The van der Waals surface area contributed by atoms with Gasteiger partial charge in [0.2, 0.25) is 5.91 Å². The van der Waals surface area contributed by atoms with Gasteiger partial charge in [-0.15, -0.1) is 0 Å². The SMILES string of the molecule is CCN(Cc1ccccc1Cl)C(=O)CCc1ccc(C#N)cc1. The van der Waals surface area contributed by atoms with Gasteiger partial charge in [-0.25, -0.2) is 0 Å². The van der Waals surface area contributed by atoms with Crippen molar-refractivity contribution in [3.63, 3.8) is 0 Å². The Balaban J connectivity index is 1.94. The Hall–Kier alpha value is -2.31. The van der Waals surface area contributed by atoms with Crippen LogP contribution in [0.2, 0.25) is 5.02 Å². The lowest BCUT2D eigenvalue weighted by molar-refractivity contribution is -0.131. The minimum atomic E-state index is 0.108. The second-order valence-electron chi connectivity index (χ2n) is 5.31. The number of hydrogen-bond acceptors (Lipinski definition) is 2. The lowest BCUT2D eigenvalue weighted by Crippen LogP contribution is -2.30. The average molecular weight is 327 g/mol. The average Bonchev–Trinajstić information content (AvgIpc) is 2.59. The maximum Gasteiger partial charge on any atom is 0.223 e. The number of benzene rings is 2. The molecule has 23 heavy (non-hydrogen) atoms. The Bertz CT molecular complexity index is 704. The van der Waals surface area contributed by atoms with Crippen LogP contribution in [0.1, 0.15) is 30.0 Å². The van der Waals surface area contributed by atoms with Crippen LogP contribution in [0.4, 0.5) is 0 Å². The highest BCUT2D eigenvalue weighted by Gasteiger charge is 2.13. The van der Waals surface area contributed by atoms with Gasteiger partial charge in [-0.1, -0.05) is 41.9 Å². The van der Waals surface area contributed by atoms with Gasteiger partial charge < -0.3 is 4.90 Å². The fraction of sp³-hybridized carbons (Fsp3) is 0.263. The van der Waals surface area contributed by atoms with Crippen LogP contribution in [0.25, 0.3) is 0 Å². The van der Waals surface area contributed by atoms with Crippen LogP contribution < -0.4 is 0 Å². The van der Waals surface area contributed by atoms with Crippen LogP contribution in [0.3, 0.4) is 0 Å². The fourth-order valence-corrected chi connectivity index (χ4v) is 2.56. The summed E-state index contributed by atoms with van der Waals surface area (Å²) in [6, 6.07) is 17.0. The van der Waals surface area contributed by atoms with Crippen LogP contribution >= 0.6 is 11.6 Å². The van der Waals surface area contributed by atoms with Crippen LogP contribution in [0.15, 0.2) is 48.5 Å². The highest BCUT2D eigenvalue weighted by molar-refractivity contribution is 6.31. The molecule has 0 aliphatic rings. The van der Waals surface area contributed by atoms with E-state index in [2.05, 4.69) is 6.07 Å². The number of amides is 1. The molecule has 0 aliphatic heterocycles. The Morgan fingerprint density at radius 2 is 1.87 bits per heavy atom. The topological polar surface area (TPSA) is 44.1 Å². The van der Waals surface area contributed by atoms with Gasteiger partial charge in [0.15, 0.2) is 0 Å². The first kappa shape index (κ1) is 17.1. The Morgan fingerprint density at radius 3 is 2.48 bits per heavy atom. The Labute approximate surface area is 142 Å². The summed E-state index contributed by atoms with van der Waals surface area (Å²) in [5.41, 5.74) is 2.66. The summed E-state index contributed by atoms with van der Waals surface area (Å²) in [6.45, 7) is 3.15. The third kappa shape index (κ3) is 4.84. The highest BCUT2D eigenvalue weighted by Crippen LogP contribution is 2.17. The van der Waals surface area contributed by atoms with Gasteiger partial charge in [-0.3, -0.25) is 4.79 Å². The van der Waals surface area contributed by atoms with Crippen LogP contribution in [0, 0.1) is 11.3 Å². The van der Waals surface area contributed by atoms with Gasteiger partial charge in [-0.05, 0) is 42.7 Å². The number of carbonyl (C=O) groups excluding carboxylic acids is 1. The molecule has 0 aliphatic carbocycles. The number of halogens is 1. The summed E-state index contributed by atoms with van der Waals surface area (Å²) >= 11 is 6.17. The number of aryl methyl sites for hydroxylation is 1. The maximum absolute atomic E-state index is 12.4. The van der Waals surface area contributed by atoms with Crippen molar-refractivity contribution in [2.75, 3.05) is 6.54 Å². The van der Waals surface area contributed by atoms with E-state index in [0.29, 0.717) is 36.5 Å². The molecule has 0 radical (unpaired) electrons. The summed E-state index contributed by atoms with van der Waals surface area (Å²) in [5.74, 6) is 0.108. The molecule has 3 nitrogen and oxygen atoms in total. The zero-order chi connectivity index (χ0) is 16.7. The van der Waals surface area contributed by atoms with Crippen molar-refractivity contribution in [1.29, 1.82) is 5.26 Å². The van der Waals surface area contributed by atoms with Crippen LogP contribution in [-0.4, -0.2) is 17.4 Å². The molecule has 4 heteroatoms. The van der Waals surface area contributed by atoms with Crippen molar-refractivity contribution in [2.24, 2.45) is 0 Å². The van der Waals surface area contributed by atoms with E-state index in [-0.39, 0.29) is 5.91 Å². The van der Waals surface area contributed by atoms with E-state index in [0.717, 1.165) is 11.1 Å². The molecular weight excluding hydrogens is 308 g/mol. The van der Waals surface area contributed by atoms with Gasteiger partial charge in [0.05, 0.1) is 11.6 Å². The summed E-state index contributed by atoms with van der Waals surface area (Å²) < 4.78 is 0. The summed E-state index contributed by atoms with van der Waals surface area (Å²) in [6.07, 6.45) is 1.12. The quantitative estimate of drug-likeness (QED) is 0.798. The zero-order valence-corrected chi connectivity index (χ0v) is 13.9. The van der Waals surface area contributed by atoms with E-state index < -0.39 is 0 Å². The van der Waals surface area contributed by atoms with Crippen LogP contribution in [-0.2, 0) is 17.8 Å². The first-order valence-corrected chi connectivity index (χ1v) is 8.02. The second kappa shape index (κ2) is 8.36. The van der Waals surface area contributed by atoms with Gasteiger partial charge in [0.25, 0.3) is 0 Å². The van der Waals surface area contributed by atoms with Crippen molar-refractivity contribution < 1.29 is 4.79 Å². The number of hydrogen-bond donors (Lipinski definition) is 0. The first-order valence-electron chi connectivity index (χ1n) is 7.64. The Morgan fingerprint density at radius 1 is 1.17 bits per heavy atom. The molecular formula is C19H19ClN2O. The maximum atomic E-state index is 12.4. The molecule has 0 heterocycles. The molecule has 2 rings (SSSR count). The highest BCUT2D eigenvalue weighted by atomic mass is 35.5. The lowest BCUT2D eigenvalue weighted by atomic mass is 10.1. The number of nitriles is 1. The van der Waals surface area contributed by atoms with E-state index in [1.165, 1.54) is 0 Å². The molecule has 2 aromatic rings. The summed E-state index contributed by atoms with van der Waals surface area (Å²) in [5, 5.41) is 9.48. The molecule has 1 amide bonds. The molecule has 118 valence electrons. The van der Waals surface area contributed by atoms with Crippen molar-refractivity contribution >= 4 is 17.5 Å². The first-order chi connectivity index (χ1) is 11.1. The number of carbonyl (C=O) groups is 1. The Kier molecular flexibility index (Phi) is 6.19. The van der Waals surface area contributed by atoms with Gasteiger partial charge >= 0.3 is 0 Å². The van der Waals surface area contributed by atoms with E-state index >= 15 is 0 Å². The molecule has 0 N–H and O–H groups in total. The van der Waals surface area contributed by atoms with Crippen LogP contribution in [0.5, 0.6) is 0 Å². The third-order valence-electron chi connectivity index (χ3n) is 3.76. The third-order valence-corrected chi connectivity index (χ3v) is 4.13. The van der Waals surface area contributed by atoms with E-state index in [4.69, 9.17) is 16.9 Å². The summed E-state index contributed by atoms with van der Waals surface area (Å²) in [4.78, 5) is 14.2. The largest absolute Gasteiger partial charge is 0.339 e. The minimum absolute atomic E-state index is 0.108. The number of nitrogens with zero attached hydrogens (tertiary/aromatic N) is 2. The van der Waals surface area contributed by atoms with Crippen molar-refractivity contribution in [3.8, 4) is 6.07 Å². The van der Waals surface area contributed by atoms with Gasteiger partial charge in [-0.2, -0.15) is 5.26 Å². The van der Waals surface area contributed by atoms with Gasteiger partial charge in [0, 0.05) is 24.5 Å². The molecule has 0 bridgehead atoms. The zero-order valence-electron chi connectivity index (χ0n) is 13.1. The molecule has 0 spiro atoms. The molecule has 0 unspecified atom stereocenters. The molecule has 0 aromatic heterocycles. The van der Waals surface area contributed by atoms with Gasteiger partial charge in [0.1, 0.15) is 0 Å². The van der Waals surface area contributed by atoms with Crippen molar-refractivity contribution in [3.05, 3.63) is 70.2 Å². The summed E-state index contributed by atoms with van der Waals surface area (Å²) in [7, 11) is 0. The monoisotopic (exact) mass is 326 g/mol. The predicted octanol–water partition coefficient (Wildman–Crippen LogP) is 4.19. The molecule has 2 aromatic carbocycles. The number of rotatable bonds is 6. The van der Waals surface area contributed by atoms with Crippen molar-refractivity contribution in [1.82, 2.24) is 4.90 Å². The lowest BCUT2D eigenvalue weighted by Gasteiger charge is -2.21. The second-order valence-corrected chi connectivity index (χ2v) is 5.72. The van der Waals surface area contributed by atoms with E-state index in [9.17, 15) is 4.79 Å². The normalized spacial score (nSPS) is 10.1. The van der Waals surface area contributed by atoms with Crippen molar-refractivity contribution in [2.45, 2.75) is 26.3 Å². The molecule has 0 saturated carbocycles. The standard InChI is InChI=1S/C19H19ClN2O/c1-2-22(14-17-5-3-4-6-18(17)20)19(23)12-11-15-7-9-16(13-21)10-8-15/h3-10H,2,11-12,14H2,1H3. The predicted molar refractivity (Wildman–Crippen MR) is 92.0 cm³/mol. The smallest absolute Gasteiger partial charge is 0.223 e.